The number of carbonyl (C=O) groups is 1. The molecule has 2 aliphatic rings. The van der Waals surface area contributed by atoms with Gasteiger partial charge in [0.2, 0.25) is 0 Å². The van der Waals surface area contributed by atoms with E-state index in [0.29, 0.717) is 11.5 Å². The Bertz CT molecular complexity index is 878. The summed E-state index contributed by atoms with van der Waals surface area (Å²) in [6.07, 6.45) is 12.4. The van der Waals surface area contributed by atoms with Crippen molar-refractivity contribution < 1.29 is 4.79 Å². The van der Waals surface area contributed by atoms with Crippen molar-refractivity contribution >= 4 is 22.2 Å². The molecule has 2 aromatic heterocycles. The summed E-state index contributed by atoms with van der Waals surface area (Å²) >= 11 is 1.57. The zero-order valence-corrected chi connectivity index (χ0v) is 14.5. The molecule has 5 nitrogen and oxygen atoms in total. The van der Waals surface area contributed by atoms with E-state index < -0.39 is 0 Å². The summed E-state index contributed by atoms with van der Waals surface area (Å²) in [5.41, 5.74) is 2.39. The summed E-state index contributed by atoms with van der Waals surface area (Å²) in [5, 5.41) is 2.88. The largest absolute Gasteiger partial charge is 0.351 e. The van der Waals surface area contributed by atoms with E-state index in [0.717, 1.165) is 44.2 Å². The fraction of sp³-hybridized carbons (Fsp3) is 0.500. The lowest BCUT2D eigenvalue weighted by Gasteiger charge is -2.12. The highest BCUT2D eigenvalue weighted by Gasteiger charge is 2.22. The van der Waals surface area contributed by atoms with Gasteiger partial charge in [-0.3, -0.25) is 14.0 Å². The molecule has 0 aliphatic heterocycles. The third-order valence-electron chi connectivity index (χ3n) is 4.91. The molecule has 126 valence electrons. The number of nitrogens with one attached hydrogen (secondary N) is 1. The van der Waals surface area contributed by atoms with Crippen molar-refractivity contribution in [3.05, 3.63) is 44.3 Å². The standard InChI is InChI=1S/C18H21N3O2S/c22-16(19-10-9-12-5-2-1-3-6-12)13-11-20-18-21(17(13)23)14-7-4-8-15(14)24-18/h5,11H,1-4,6-10H2,(H,19,22). The van der Waals surface area contributed by atoms with E-state index in [1.807, 2.05) is 0 Å². The number of nitrogens with zero attached hydrogens (tertiary/aromatic N) is 2. The Morgan fingerprint density at radius 3 is 3.00 bits per heavy atom. The van der Waals surface area contributed by atoms with E-state index in [4.69, 9.17) is 0 Å². The van der Waals surface area contributed by atoms with Gasteiger partial charge in [0, 0.05) is 23.3 Å². The Hall–Kier alpha value is -1.95. The zero-order chi connectivity index (χ0) is 16.5. The van der Waals surface area contributed by atoms with Gasteiger partial charge in [-0.05, 0) is 51.4 Å². The van der Waals surface area contributed by atoms with Gasteiger partial charge in [-0.2, -0.15) is 0 Å². The quantitative estimate of drug-likeness (QED) is 0.868. The predicted octanol–water partition coefficient (Wildman–Crippen LogP) is 2.87. The maximum atomic E-state index is 12.7. The van der Waals surface area contributed by atoms with Crippen molar-refractivity contribution in [2.24, 2.45) is 0 Å². The van der Waals surface area contributed by atoms with Crippen LogP contribution in [0.1, 0.15) is 59.5 Å². The highest BCUT2D eigenvalue weighted by Crippen LogP contribution is 2.28. The summed E-state index contributed by atoms with van der Waals surface area (Å²) in [4.78, 5) is 31.4. The molecule has 1 amide bonds. The normalized spacial score (nSPS) is 16.9. The first-order valence-electron chi connectivity index (χ1n) is 8.72. The Balaban J connectivity index is 1.51. The van der Waals surface area contributed by atoms with E-state index in [2.05, 4.69) is 16.4 Å². The zero-order valence-electron chi connectivity index (χ0n) is 13.6. The first-order valence-corrected chi connectivity index (χ1v) is 9.54. The average molecular weight is 343 g/mol. The molecule has 0 saturated heterocycles. The third kappa shape index (κ3) is 2.79. The molecule has 0 spiro atoms. The summed E-state index contributed by atoms with van der Waals surface area (Å²) in [7, 11) is 0. The minimum absolute atomic E-state index is 0.151. The van der Waals surface area contributed by atoms with Crippen LogP contribution in [0.3, 0.4) is 0 Å². The summed E-state index contributed by atoms with van der Waals surface area (Å²) < 4.78 is 1.64. The van der Waals surface area contributed by atoms with Gasteiger partial charge in [-0.15, -0.1) is 11.3 Å². The third-order valence-corrected chi connectivity index (χ3v) is 6.07. The monoisotopic (exact) mass is 343 g/mol. The number of aryl methyl sites for hydroxylation is 2. The van der Waals surface area contributed by atoms with Crippen molar-refractivity contribution in [1.29, 1.82) is 0 Å². The molecule has 0 bridgehead atoms. The molecule has 2 heterocycles. The van der Waals surface area contributed by atoms with Gasteiger partial charge in [-0.1, -0.05) is 11.6 Å². The van der Waals surface area contributed by atoms with Gasteiger partial charge in [0.1, 0.15) is 5.56 Å². The number of hydrogen-bond donors (Lipinski definition) is 1. The second kappa shape index (κ2) is 6.51. The maximum absolute atomic E-state index is 12.7. The minimum Gasteiger partial charge on any atom is -0.351 e. The van der Waals surface area contributed by atoms with Crippen LogP contribution in [0.15, 0.2) is 22.6 Å². The molecule has 0 aromatic carbocycles. The molecule has 0 unspecified atom stereocenters. The number of carbonyl (C=O) groups excluding carboxylic acids is 1. The van der Waals surface area contributed by atoms with Crippen LogP contribution in [0.4, 0.5) is 0 Å². The van der Waals surface area contributed by atoms with Crippen molar-refractivity contribution in [1.82, 2.24) is 14.7 Å². The molecule has 0 fully saturated rings. The van der Waals surface area contributed by atoms with E-state index in [1.165, 1.54) is 29.5 Å². The van der Waals surface area contributed by atoms with Crippen LogP contribution in [0.25, 0.3) is 4.96 Å². The Labute approximate surface area is 144 Å². The van der Waals surface area contributed by atoms with Crippen LogP contribution in [-0.2, 0) is 12.8 Å². The molecule has 0 saturated carbocycles. The number of fused-ring (bicyclic) bond motifs is 3. The number of allylic oxidation sites excluding steroid dienone is 1. The van der Waals surface area contributed by atoms with Crippen molar-refractivity contribution in [2.45, 2.75) is 51.4 Å². The number of thiazole rings is 1. The average Bonchev–Trinajstić information content (AvgIpc) is 3.16. The fourth-order valence-corrected chi connectivity index (χ4v) is 4.79. The minimum atomic E-state index is -0.309. The first kappa shape index (κ1) is 15.6. The van der Waals surface area contributed by atoms with Crippen LogP contribution in [0, 0.1) is 0 Å². The number of hydrogen-bond acceptors (Lipinski definition) is 4. The molecular weight excluding hydrogens is 322 g/mol. The van der Waals surface area contributed by atoms with Crippen molar-refractivity contribution in [3.8, 4) is 0 Å². The molecule has 24 heavy (non-hydrogen) atoms. The van der Waals surface area contributed by atoms with E-state index in [9.17, 15) is 9.59 Å². The molecule has 6 heteroatoms. The van der Waals surface area contributed by atoms with Gasteiger partial charge in [-0.25, -0.2) is 4.98 Å². The lowest BCUT2D eigenvalue weighted by molar-refractivity contribution is 0.0952. The lowest BCUT2D eigenvalue weighted by atomic mass is 9.97. The summed E-state index contributed by atoms with van der Waals surface area (Å²) in [6.45, 7) is 0.578. The topological polar surface area (TPSA) is 63.5 Å². The second-order valence-corrected chi connectivity index (χ2v) is 7.60. The van der Waals surface area contributed by atoms with Crippen LogP contribution in [0.5, 0.6) is 0 Å². The maximum Gasteiger partial charge on any atom is 0.271 e. The Kier molecular flexibility index (Phi) is 4.22. The van der Waals surface area contributed by atoms with E-state index in [-0.39, 0.29) is 17.0 Å². The van der Waals surface area contributed by atoms with Crippen LogP contribution >= 0.6 is 11.3 Å². The molecule has 2 aliphatic carbocycles. The van der Waals surface area contributed by atoms with Crippen LogP contribution in [-0.4, -0.2) is 21.8 Å². The SMILES string of the molecule is O=C(NCCC1=CCCCC1)c1cnc2sc3c(n2c1=O)CCC3. The van der Waals surface area contributed by atoms with E-state index in [1.54, 1.807) is 15.7 Å². The molecular formula is C18H21N3O2S. The van der Waals surface area contributed by atoms with Crippen molar-refractivity contribution in [3.63, 3.8) is 0 Å². The summed E-state index contributed by atoms with van der Waals surface area (Å²) in [6, 6.07) is 0. The van der Waals surface area contributed by atoms with Crippen LogP contribution < -0.4 is 10.9 Å². The highest BCUT2D eigenvalue weighted by atomic mass is 32.1. The summed E-state index contributed by atoms with van der Waals surface area (Å²) in [5.74, 6) is -0.309. The first-order chi connectivity index (χ1) is 11.7. The lowest BCUT2D eigenvalue weighted by Crippen LogP contribution is -2.32. The highest BCUT2D eigenvalue weighted by molar-refractivity contribution is 7.17. The van der Waals surface area contributed by atoms with Gasteiger partial charge in [0.05, 0.1) is 0 Å². The second-order valence-electron chi connectivity index (χ2n) is 6.53. The van der Waals surface area contributed by atoms with Crippen molar-refractivity contribution in [2.75, 3.05) is 6.54 Å². The van der Waals surface area contributed by atoms with E-state index >= 15 is 0 Å². The van der Waals surface area contributed by atoms with Gasteiger partial charge in [0.15, 0.2) is 4.96 Å². The predicted molar refractivity (Wildman–Crippen MR) is 94.9 cm³/mol. The van der Waals surface area contributed by atoms with Crippen LogP contribution in [0.2, 0.25) is 0 Å². The van der Waals surface area contributed by atoms with Gasteiger partial charge >= 0.3 is 0 Å². The number of amides is 1. The Morgan fingerprint density at radius 1 is 1.25 bits per heavy atom. The number of aromatic nitrogens is 2. The van der Waals surface area contributed by atoms with Gasteiger partial charge < -0.3 is 5.32 Å². The Morgan fingerprint density at radius 2 is 2.17 bits per heavy atom. The smallest absolute Gasteiger partial charge is 0.271 e. The molecule has 2 aromatic rings. The van der Waals surface area contributed by atoms with Gasteiger partial charge in [0.25, 0.3) is 11.5 Å². The molecule has 0 atom stereocenters. The molecule has 1 N–H and O–H groups in total. The fourth-order valence-electron chi connectivity index (χ4n) is 3.63. The number of rotatable bonds is 4. The molecule has 0 radical (unpaired) electrons. The molecule has 4 rings (SSSR count).